The number of aromatic nitrogens is 2. The van der Waals surface area contributed by atoms with Crippen LogP contribution in [0.4, 0.5) is 0 Å². The average Bonchev–Trinajstić information content (AvgIpc) is 3.68. The van der Waals surface area contributed by atoms with Gasteiger partial charge >= 0.3 is 7.12 Å². The number of carbonyl (C=O) groups excluding carboxylic acids is 3. The van der Waals surface area contributed by atoms with E-state index in [1.165, 1.54) is 0 Å². The van der Waals surface area contributed by atoms with E-state index in [0.29, 0.717) is 29.5 Å². The molecule has 3 amide bonds. The van der Waals surface area contributed by atoms with E-state index in [1.54, 1.807) is 18.2 Å². The van der Waals surface area contributed by atoms with Gasteiger partial charge in [0, 0.05) is 17.7 Å². The Bertz CT molecular complexity index is 1610. The van der Waals surface area contributed by atoms with Crippen molar-refractivity contribution in [1.29, 1.82) is 0 Å². The molecule has 11 heteroatoms. The number of rotatable bonds is 11. The number of nitrogens with one attached hydrogen (secondary N) is 4. The zero-order chi connectivity index (χ0) is 33.5. The minimum atomic E-state index is -1.08. The Morgan fingerprint density at radius 3 is 2.40 bits per heavy atom. The zero-order valence-corrected chi connectivity index (χ0v) is 28.1. The molecule has 4 fully saturated rings. The summed E-state index contributed by atoms with van der Waals surface area (Å²) in [7, 11) is -0.619. The molecule has 4 N–H and O–H groups in total. The molecule has 248 valence electrons. The fourth-order valence-electron chi connectivity index (χ4n) is 7.74. The van der Waals surface area contributed by atoms with E-state index in [2.05, 4.69) is 60.8 Å². The third-order valence-electron chi connectivity index (χ3n) is 10.6. The highest BCUT2D eigenvalue weighted by Crippen LogP contribution is 2.65. The van der Waals surface area contributed by atoms with Gasteiger partial charge in [-0.3, -0.25) is 19.5 Å². The summed E-state index contributed by atoms with van der Waals surface area (Å²) < 4.78 is 13.3. The molecule has 0 spiro atoms. The molecule has 3 saturated carbocycles. The van der Waals surface area contributed by atoms with Gasteiger partial charge in [0.25, 0.3) is 11.8 Å². The Hall–Kier alpha value is -3.96. The van der Waals surface area contributed by atoms with Gasteiger partial charge in [-0.1, -0.05) is 75.7 Å². The molecular formula is C36H46BN5O5. The van der Waals surface area contributed by atoms with Gasteiger partial charge in [-0.25, -0.2) is 0 Å². The van der Waals surface area contributed by atoms with Crippen LogP contribution in [0, 0.1) is 30.1 Å². The summed E-state index contributed by atoms with van der Waals surface area (Å²) in [6.45, 7) is 12.8. The van der Waals surface area contributed by atoms with Gasteiger partial charge in [0.1, 0.15) is 11.7 Å². The van der Waals surface area contributed by atoms with E-state index in [1.807, 2.05) is 49.4 Å². The van der Waals surface area contributed by atoms with E-state index in [-0.39, 0.29) is 35.6 Å². The SMILES string of the molecule is Cc1ccc(C(=O)NC[C@H](NC(=O)c2cc(-c3ccccc3)n[nH]2)C(=O)N[C@@H](CC(C)C)B2O[C@@H]3C[C@@H]4C[C@@H](C4(C)C)[C@]3(C)O2)cc1. The Morgan fingerprint density at radius 1 is 1.00 bits per heavy atom. The minimum Gasteiger partial charge on any atom is -0.404 e. The first-order chi connectivity index (χ1) is 22.3. The number of nitrogens with zero attached hydrogens (tertiary/aromatic N) is 1. The molecule has 6 atom stereocenters. The molecule has 3 aromatic rings. The predicted octanol–water partition coefficient (Wildman–Crippen LogP) is 4.71. The van der Waals surface area contributed by atoms with Crippen molar-refractivity contribution in [2.24, 2.45) is 23.2 Å². The molecule has 2 bridgehead atoms. The van der Waals surface area contributed by atoms with Crippen LogP contribution >= 0.6 is 0 Å². The second-order valence-corrected chi connectivity index (χ2v) is 14.7. The molecule has 0 unspecified atom stereocenters. The standard InChI is InChI=1S/C36H46BN5O5/c1-21(2)16-31(37-46-30-18-25-17-29(35(25,4)5)36(30,6)47-37)40-34(45)28(20-38-32(43)24-14-12-22(3)13-15-24)39-33(44)27-19-26(41-42-27)23-10-8-7-9-11-23/h7-15,19,21,25,28-31H,16-18,20H2,1-6H3,(H,38,43)(H,39,44)(H,40,45)(H,41,42)/t25-,28-,29-,30+,31-,36-/m0/s1. The molecule has 3 aliphatic carbocycles. The van der Waals surface area contributed by atoms with Gasteiger partial charge in [-0.2, -0.15) is 5.10 Å². The number of hydrogen-bond acceptors (Lipinski definition) is 6. The zero-order valence-electron chi connectivity index (χ0n) is 28.1. The van der Waals surface area contributed by atoms with Gasteiger partial charge in [-0.15, -0.1) is 0 Å². The molecular weight excluding hydrogens is 593 g/mol. The van der Waals surface area contributed by atoms with Crippen LogP contribution in [-0.2, 0) is 14.1 Å². The lowest BCUT2D eigenvalue weighted by Crippen LogP contribution is -2.65. The highest BCUT2D eigenvalue weighted by Gasteiger charge is 2.68. The van der Waals surface area contributed by atoms with E-state index >= 15 is 0 Å². The quantitative estimate of drug-likeness (QED) is 0.225. The number of benzene rings is 2. The number of aromatic amines is 1. The van der Waals surface area contributed by atoms with Crippen LogP contribution < -0.4 is 16.0 Å². The fraction of sp³-hybridized carbons (Fsp3) is 0.500. The number of amides is 3. The van der Waals surface area contributed by atoms with E-state index in [4.69, 9.17) is 9.31 Å². The van der Waals surface area contributed by atoms with Gasteiger partial charge in [0.2, 0.25) is 5.91 Å². The summed E-state index contributed by atoms with van der Waals surface area (Å²) in [5, 5.41) is 15.9. The predicted molar refractivity (Wildman–Crippen MR) is 180 cm³/mol. The maximum absolute atomic E-state index is 14.0. The van der Waals surface area contributed by atoms with Crippen molar-refractivity contribution in [3.8, 4) is 11.3 Å². The Kier molecular flexibility index (Phi) is 9.06. The first kappa shape index (κ1) is 33.0. The minimum absolute atomic E-state index is 0.0284. The van der Waals surface area contributed by atoms with Gasteiger partial charge in [0.15, 0.2) is 0 Å². The van der Waals surface area contributed by atoms with Crippen molar-refractivity contribution >= 4 is 24.8 Å². The van der Waals surface area contributed by atoms with Crippen molar-refractivity contribution in [1.82, 2.24) is 26.1 Å². The van der Waals surface area contributed by atoms with Crippen molar-refractivity contribution in [2.45, 2.75) is 84.5 Å². The lowest BCUT2D eigenvalue weighted by Gasteiger charge is -2.64. The van der Waals surface area contributed by atoms with E-state index in [0.717, 1.165) is 24.0 Å². The molecule has 2 aromatic carbocycles. The maximum atomic E-state index is 14.0. The van der Waals surface area contributed by atoms with Crippen molar-refractivity contribution < 1.29 is 23.7 Å². The topological polar surface area (TPSA) is 134 Å². The Labute approximate surface area is 277 Å². The first-order valence-corrected chi connectivity index (χ1v) is 16.8. The largest absolute Gasteiger partial charge is 0.481 e. The van der Waals surface area contributed by atoms with Crippen LogP contribution in [0.3, 0.4) is 0 Å². The molecule has 0 radical (unpaired) electrons. The molecule has 4 aliphatic rings. The van der Waals surface area contributed by atoms with E-state index in [9.17, 15) is 14.4 Å². The highest BCUT2D eigenvalue weighted by atomic mass is 16.7. The maximum Gasteiger partial charge on any atom is 0.481 e. The third kappa shape index (κ3) is 6.60. The second kappa shape index (κ2) is 12.9. The molecule has 10 nitrogen and oxygen atoms in total. The molecule has 2 heterocycles. The molecule has 1 aliphatic heterocycles. The lowest BCUT2D eigenvalue weighted by atomic mass is 9.43. The van der Waals surface area contributed by atoms with Crippen LogP contribution in [-0.4, -0.2) is 65.3 Å². The smallest absolute Gasteiger partial charge is 0.404 e. The van der Waals surface area contributed by atoms with Gasteiger partial charge < -0.3 is 25.3 Å². The van der Waals surface area contributed by atoms with Crippen LogP contribution in [0.2, 0.25) is 0 Å². The van der Waals surface area contributed by atoms with Crippen LogP contribution in [0.5, 0.6) is 0 Å². The third-order valence-corrected chi connectivity index (χ3v) is 10.6. The summed E-state index contributed by atoms with van der Waals surface area (Å²) in [4.78, 5) is 40.5. The Balaban J connectivity index is 1.19. The summed E-state index contributed by atoms with van der Waals surface area (Å²) in [5.74, 6) is -0.514. The summed E-state index contributed by atoms with van der Waals surface area (Å²) in [6, 6.07) is 17.2. The number of hydrogen-bond donors (Lipinski definition) is 4. The first-order valence-electron chi connectivity index (χ1n) is 16.8. The van der Waals surface area contributed by atoms with Crippen molar-refractivity contribution in [3.63, 3.8) is 0 Å². The average molecular weight is 640 g/mol. The second-order valence-electron chi connectivity index (χ2n) is 14.7. The van der Waals surface area contributed by atoms with Crippen molar-refractivity contribution in [2.75, 3.05) is 6.54 Å². The molecule has 1 saturated heterocycles. The summed E-state index contributed by atoms with van der Waals surface area (Å²) in [6.07, 6.45) is 2.66. The van der Waals surface area contributed by atoms with Crippen LogP contribution in [0.1, 0.15) is 80.3 Å². The Morgan fingerprint density at radius 2 is 1.72 bits per heavy atom. The molecule has 7 rings (SSSR count). The highest BCUT2D eigenvalue weighted by molar-refractivity contribution is 6.48. The molecule has 1 aromatic heterocycles. The number of carbonyl (C=O) groups is 3. The van der Waals surface area contributed by atoms with E-state index < -0.39 is 36.5 Å². The summed E-state index contributed by atoms with van der Waals surface area (Å²) in [5.41, 5.74) is 2.92. The monoisotopic (exact) mass is 639 g/mol. The van der Waals surface area contributed by atoms with Gasteiger partial charge in [0.05, 0.1) is 23.3 Å². The van der Waals surface area contributed by atoms with Crippen molar-refractivity contribution in [3.05, 3.63) is 77.5 Å². The van der Waals surface area contributed by atoms with Gasteiger partial charge in [-0.05, 0) is 74.5 Å². The van der Waals surface area contributed by atoms with Crippen LogP contribution in [0.25, 0.3) is 11.3 Å². The number of H-pyrrole nitrogens is 1. The van der Waals surface area contributed by atoms with Crippen LogP contribution in [0.15, 0.2) is 60.7 Å². The normalized spacial score (nSPS) is 25.3. The number of aryl methyl sites for hydroxylation is 1. The summed E-state index contributed by atoms with van der Waals surface area (Å²) >= 11 is 0. The fourth-order valence-corrected chi connectivity index (χ4v) is 7.74. The molecule has 47 heavy (non-hydrogen) atoms. The lowest BCUT2D eigenvalue weighted by molar-refractivity contribution is -0.199.